The summed E-state index contributed by atoms with van der Waals surface area (Å²) in [5.74, 6) is 0.0392. The molecule has 3 N–H and O–H groups in total. The maximum atomic E-state index is 12.9. The van der Waals surface area contributed by atoms with Crippen LogP contribution in [-0.2, 0) is 11.0 Å². The zero-order valence-electron chi connectivity index (χ0n) is 20.6. The normalized spacial score (nSPS) is 24.5. The molecule has 2 amide bonds. The maximum absolute atomic E-state index is 12.9. The number of amides is 2. The van der Waals surface area contributed by atoms with Gasteiger partial charge in [0.1, 0.15) is 5.75 Å². The number of β-amino-alcohol motifs (C(OH)–C–C–N with tert-alkyl or cyclic N) is 1. The largest absolute Gasteiger partial charge is 0.497 e. The first-order valence-electron chi connectivity index (χ1n) is 12.4. The number of alkyl halides is 3. The predicted octanol–water partition coefficient (Wildman–Crippen LogP) is 3.33. The quantitative estimate of drug-likeness (QED) is 0.522. The molecular formula is C27H32F3N3O4. The SMILES string of the molecule is COc1cccc(C2CCC(N3C[C@H](NC(=O)CNC(=O)c4cccc(C(F)(F)F)c4)[C@@H](O)C3)CC2)c1. The summed E-state index contributed by atoms with van der Waals surface area (Å²) < 4.78 is 44.0. The van der Waals surface area contributed by atoms with Crippen molar-refractivity contribution in [1.82, 2.24) is 15.5 Å². The summed E-state index contributed by atoms with van der Waals surface area (Å²) in [7, 11) is 1.66. The number of ether oxygens (including phenoxy) is 1. The summed E-state index contributed by atoms with van der Waals surface area (Å²) in [6.45, 7) is 0.558. The summed E-state index contributed by atoms with van der Waals surface area (Å²) in [5, 5.41) is 15.6. The first-order valence-corrected chi connectivity index (χ1v) is 12.4. The Kier molecular flexibility index (Phi) is 8.39. The molecule has 1 aliphatic carbocycles. The molecule has 10 heteroatoms. The molecule has 2 aromatic rings. The zero-order chi connectivity index (χ0) is 26.6. The number of halogens is 3. The van der Waals surface area contributed by atoms with E-state index in [2.05, 4.69) is 27.7 Å². The molecule has 0 spiro atoms. The van der Waals surface area contributed by atoms with Crippen LogP contribution in [0.15, 0.2) is 48.5 Å². The predicted molar refractivity (Wildman–Crippen MR) is 131 cm³/mol. The van der Waals surface area contributed by atoms with Crippen molar-refractivity contribution in [3.8, 4) is 5.75 Å². The highest BCUT2D eigenvalue weighted by Gasteiger charge is 2.37. The van der Waals surface area contributed by atoms with Gasteiger partial charge < -0.3 is 20.5 Å². The number of hydrogen-bond donors (Lipinski definition) is 3. The first kappa shape index (κ1) is 26.9. The minimum atomic E-state index is -4.56. The van der Waals surface area contributed by atoms with Gasteiger partial charge in [-0.1, -0.05) is 18.2 Å². The van der Waals surface area contributed by atoms with Crippen molar-refractivity contribution in [3.63, 3.8) is 0 Å². The van der Waals surface area contributed by atoms with E-state index in [0.717, 1.165) is 49.6 Å². The van der Waals surface area contributed by atoms with Crippen molar-refractivity contribution in [2.75, 3.05) is 26.7 Å². The molecule has 2 aliphatic rings. The third-order valence-corrected chi connectivity index (χ3v) is 7.30. The topological polar surface area (TPSA) is 90.9 Å². The molecule has 4 rings (SSSR count). The second-order valence-corrected chi connectivity index (χ2v) is 9.74. The Hall–Kier alpha value is -3.11. The molecule has 1 saturated heterocycles. The summed E-state index contributed by atoms with van der Waals surface area (Å²) in [4.78, 5) is 26.8. The van der Waals surface area contributed by atoms with E-state index in [1.54, 1.807) is 7.11 Å². The number of carbonyl (C=O) groups is 2. The lowest BCUT2D eigenvalue weighted by Crippen LogP contribution is -2.47. The van der Waals surface area contributed by atoms with Gasteiger partial charge >= 0.3 is 6.18 Å². The fraction of sp³-hybridized carbons (Fsp3) is 0.481. The van der Waals surface area contributed by atoms with E-state index in [4.69, 9.17) is 4.74 Å². The van der Waals surface area contributed by atoms with Crippen molar-refractivity contribution in [2.24, 2.45) is 0 Å². The number of rotatable bonds is 7. The second-order valence-electron chi connectivity index (χ2n) is 9.74. The monoisotopic (exact) mass is 519 g/mol. The van der Waals surface area contributed by atoms with E-state index in [-0.39, 0.29) is 5.56 Å². The number of aliphatic hydroxyl groups excluding tert-OH is 1. The number of aliphatic hydroxyl groups is 1. The molecule has 1 heterocycles. The van der Waals surface area contributed by atoms with Crippen LogP contribution in [0.3, 0.4) is 0 Å². The van der Waals surface area contributed by atoms with Crippen LogP contribution in [0.1, 0.15) is 53.1 Å². The van der Waals surface area contributed by atoms with Gasteiger partial charge in [-0.25, -0.2) is 0 Å². The molecule has 0 radical (unpaired) electrons. The highest BCUT2D eigenvalue weighted by atomic mass is 19.4. The van der Waals surface area contributed by atoms with Crippen LogP contribution in [0, 0.1) is 0 Å². The van der Waals surface area contributed by atoms with Gasteiger partial charge in [-0.15, -0.1) is 0 Å². The maximum Gasteiger partial charge on any atom is 0.416 e. The third-order valence-electron chi connectivity index (χ3n) is 7.30. The van der Waals surface area contributed by atoms with Crippen molar-refractivity contribution in [3.05, 3.63) is 65.2 Å². The number of nitrogens with one attached hydrogen (secondary N) is 2. The van der Waals surface area contributed by atoms with Gasteiger partial charge in [-0.05, 0) is 67.5 Å². The van der Waals surface area contributed by atoms with E-state index in [9.17, 15) is 27.9 Å². The molecule has 200 valence electrons. The van der Waals surface area contributed by atoms with Gasteiger partial charge in [-0.2, -0.15) is 13.2 Å². The van der Waals surface area contributed by atoms with Gasteiger partial charge in [0, 0.05) is 24.7 Å². The summed E-state index contributed by atoms with van der Waals surface area (Å²) >= 11 is 0. The van der Waals surface area contributed by atoms with Gasteiger partial charge in [-0.3, -0.25) is 14.5 Å². The minimum absolute atomic E-state index is 0.181. The Bertz CT molecular complexity index is 1100. The average Bonchev–Trinajstić information content (AvgIpc) is 3.26. The van der Waals surface area contributed by atoms with Crippen molar-refractivity contribution in [2.45, 2.75) is 56.0 Å². The molecule has 37 heavy (non-hydrogen) atoms. The van der Waals surface area contributed by atoms with Crippen LogP contribution in [0.5, 0.6) is 5.75 Å². The first-order chi connectivity index (χ1) is 17.6. The minimum Gasteiger partial charge on any atom is -0.497 e. The van der Waals surface area contributed by atoms with Crippen LogP contribution in [0.4, 0.5) is 13.2 Å². The number of carbonyl (C=O) groups excluding carboxylic acids is 2. The lowest BCUT2D eigenvalue weighted by atomic mass is 9.81. The number of likely N-dealkylation sites (tertiary alicyclic amines) is 1. The van der Waals surface area contributed by atoms with E-state index in [1.807, 2.05) is 12.1 Å². The van der Waals surface area contributed by atoms with E-state index >= 15 is 0 Å². The van der Waals surface area contributed by atoms with E-state index in [1.165, 1.54) is 11.6 Å². The third kappa shape index (κ3) is 6.81. The van der Waals surface area contributed by atoms with Crippen molar-refractivity contribution < 1.29 is 32.6 Å². The summed E-state index contributed by atoms with van der Waals surface area (Å²) in [6.07, 6.45) is -1.26. The van der Waals surface area contributed by atoms with Crippen molar-refractivity contribution in [1.29, 1.82) is 0 Å². The molecule has 2 aromatic carbocycles. The van der Waals surface area contributed by atoms with Crippen LogP contribution in [-0.4, -0.2) is 66.8 Å². The highest BCUT2D eigenvalue weighted by Crippen LogP contribution is 2.36. The fourth-order valence-electron chi connectivity index (χ4n) is 5.28. The Labute approximate surface area is 214 Å². The molecule has 7 nitrogen and oxygen atoms in total. The molecule has 0 bridgehead atoms. The smallest absolute Gasteiger partial charge is 0.416 e. The standard InChI is InChI=1S/C27H32F3N3O4/c1-37-22-7-3-4-18(13-22)17-8-10-21(11-9-17)33-15-23(24(34)16-33)32-25(35)14-31-26(36)19-5-2-6-20(12-19)27(28,29)30/h2-7,12-13,17,21,23-24,34H,8-11,14-16H2,1H3,(H,31,36)(H,32,35)/t17?,21?,23-,24-/m0/s1. The van der Waals surface area contributed by atoms with Gasteiger partial charge in [0.15, 0.2) is 0 Å². The molecule has 2 atom stereocenters. The van der Waals surface area contributed by atoms with E-state index in [0.29, 0.717) is 25.0 Å². The lowest BCUT2D eigenvalue weighted by molar-refractivity contribution is -0.137. The highest BCUT2D eigenvalue weighted by molar-refractivity contribution is 5.96. The summed E-state index contributed by atoms with van der Waals surface area (Å²) in [5.41, 5.74) is 0.159. The average molecular weight is 520 g/mol. The zero-order valence-corrected chi connectivity index (χ0v) is 20.6. The van der Waals surface area contributed by atoms with E-state index < -0.39 is 42.2 Å². The number of methoxy groups -OCH3 is 1. The molecule has 2 fully saturated rings. The Morgan fingerprint density at radius 1 is 1.05 bits per heavy atom. The Balaban J connectivity index is 1.23. The molecule has 0 unspecified atom stereocenters. The molecular weight excluding hydrogens is 487 g/mol. The number of benzene rings is 2. The van der Waals surface area contributed by atoms with Crippen LogP contribution in [0.2, 0.25) is 0 Å². The number of nitrogens with zero attached hydrogens (tertiary/aromatic N) is 1. The molecule has 0 aromatic heterocycles. The molecule has 1 aliphatic heterocycles. The second kappa shape index (κ2) is 11.5. The van der Waals surface area contributed by atoms with Crippen LogP contribution >= 0.6 is 0 Å². The fourth-order valence-corrected chi connectivity index (χ4v) is 5.28. The summed E-state index contributed by atoms with van der Waals surface area (Å²) in [6, 6.07) is 12.0. The van der Waals surface area contributed by atoms with Crippen LogP contribution < -0.4 is 15.4 Å². The number of hydrogen-bond acceptors (Lipinski definition) is 5. The lowest BCUT2D eigenvalue weighted by Gasteiger charge is -2.34. The van der Waals surface area contributed by atoms with Gasteiger partial charge in [0.25, 0.3) is 5.91 Å². The van der Waals surface area contributed by atoms with Crippen molar-refractivity contribution >= 4 is 11.8 Å². The molecule has 1 saturated carbocycles. The van der Waals surface area contributed by atoms with Gasteiger partial charge in [0.05, 0.1) is 31.4 Å². The van der Waals surface area contributed by atoms with Crippen LogP contribution in [0.25, 0.3) is 0 Å². The Morgan fingerprint density at radius 2 is 1.78 bits per heavy atom. The Morgan fingerprint density at radius 3 is 2.49 bits per heavy atom. The van der Waals surface area contributed by atoms with Gasteiger partial charge in [0.2, 0.25) is 5.91 Å².